The van der Waals surface area contributed by atoms with E-state index >= 15 is 0 Å². The van der Waals surface area contributed by atoms with Crippen LogP contribution in [0.5, 0.6) is 5.88 Å². The normalized spacial score (nSPS) is 13.5. The highest BCUT2D eigenvalue weighted by molar-refractivity contribution is 14.0. The van der Waals surface area contributed by atoms with Crippen LogP contribution in [-0.2, 0) is 17.9 Å². The van der Waals surface area contributed by atoms with Crippen LogP contribution in [0.1, 0.15) is 30.4 Å². The zero-order valence-electron chi connectivity index (χ0n) is 17.0. The number of pyridine rings is 1. The molecule has 1 aliphatic rings. The van der Waals surface area contributed by atoms with Gasteiger partial charge in [0.15, 0.2) is 5.96 Å². The molecule has 0 aliphatic heterocycles. The van der Waals surface area contributed by atoms with Gasteiger partial charge < -0.3 is 20.1 Å². The predicted octanol–water partition coefficient (Wildman–Crippen LogP) is 3.76. The molecule has 2 N–H and O–H groups in total. The average Bonchev–Trinajstić information content (AvgIpc) is 3.57. The van der Waals surface area contributed by atoms with Gasteiger partial charge in [0.05, 0.1) is 0 Å². The van der Waals surface area contributed by atoms with Crippen LogP contribution in [0.15, 0.2) is 53.7 Å². The maximum atomic E-state index is 5.79. The van der Waals surface area contributed by atoms with Gasteiger partial charge in [-0.2, -0.15) is 0 Å². The third-order valence-corrected chi connectivity index (χ3v) is 4.52. The Morgan fingerprint density at radius 1 is 1.14 bits per heavy atom. The minimum atomic E-state index is 0. The van der Waals surface area contributed by atoms with Crippen LogP contribution in [-0.4, -0.2) is 37.7 Å². The Hall–Kier alpha value is -1.87. The number of rotatable bonds is 11. The number of aromatic nitrogens is 1. The molecule has 3 rings (SSSR count). The Morgan fingerprint density at radius 3 is 2.72 bits per heavy atom. The van der Waals surface area contributed by atoms with Crippen molar-refractivity contribution in [1.29, 1.82) is 0 Å². The molecule has 0 radical (unpaired) electrons. The Balaban J connectivity index is 0.00000300. The van der Waals surface area contributed by atoms with Crippen LogP contribution in [0.3, 0.4) is 0 Å². The van der Waals surface area contributed by atoms with E-state index in [4.69, 9.17) is 9.47 Å². The molecule has 29 heavy (non-hydrogen) atoms. The largest absolute Gasteiger partial charge is 0.473 e. The van der Waals surface area contributed by atoms with Gasteiger partial charge in [0.1, 0.15) is 6.61 Å². The van der Waals surface area contributed by atoms with Crippen molar-refractivity contribution in [1.82, 2.24) is 15.6 Å². The summed E-state index contributed by atoms with van der Waals surface area (Å²) in [5, 5.41) is 6.64. The Kier molecular flexibility index (Phi) is 10.8. The van der Waals surface area contributed by atoms with Gasteiger partial charge in [-0.1, -0.05) is 30.3 Å². The summed E-state index contributed by atoms with van der Waals surface area (Å²) >= 11 is 0. The standard InChI is InChI=1S/C22H30N4O2.HI/c1-23-22(25-11-5-13-27-16-19-8-9-19)26-15-20-10-12-24-21(14-20)28-17-18-6-3-2-4-7-18;/h2-4,6-7,10,12,14,19H,5,8-9,11,13,15-17H2,1H3,(H2,23,25,26);1H. The van der Waals surface area contributed by atoms with E-state index in [9.17, 15) is 0 Å². The molecule has 158 valence electrons. The van der Waals surface area contributed by atoms with Crippen molar-refractivity contribution in [2.24, 2.45) is 10.9 Å². The predicted molar refractivity (Wildman–Crippen MR) is 127 cm³/mol. The minimum absolute atomic E-state index is 0. The summed E-state index contributed by atoms with van der Waals surface area (Å²) in [5.41, 5.74) is 2.22. The first kappa shape index (κ1) is 23.4. The highest BCUT2D eigenvalue weighted by atomic mass is 127. The summed E-state index contributed by atoms with van der Waals surface area (Å²) in [6.45, 7) is 3.72. The second-order valence-electron chi connectivity index (χ2n) is 7.00. The van der Waals surface area contributed by atoms with Gasteiger partial charge >= 0.3 is 0 Å². The maximum absolute atomic E-state index is 5.79. The number of benzene rings is 1. The summed E-state index contributed by atoms with van der Waals surface area (Å²) in [6.07, 6.45) is 5.41. The lowest BCUT2D eigenvalue weighted by atomic mass is 10.2. The van der Waals surface area contributed by atoms with E-state index in [1.54, 1.807) is 13.2 Å². The van der Waals surface area contributed by atoms with Gasteiger partial charge in [0.2, 0.25) is 5.88 Å². The monoisotopic (exact) mass is 510 g/mol. The lowest BCUT2D eigenvalue weighted by Gasteiger charge is -2.12. The summed E-state index contributed by atoms with van der Waals surface area (Å²) in [7, 11) is 1.78. The maximum Gasteiger partial charge on any atom is 0.213 e. The van der Waals surface area contributed by atoms with Crippen LogP contribution in [0.4, 0.5) is 0 Å². The van der Waals surface area contributed by atoms with Gasteiger partial charge in [-0.05, 0) is 42.4 Å². The Labute approximate surface area is 190 Å². The van der Waals surface area contributed by atoms with Crippen LogP contribution in [0, 0.1) is 5.92 Å². The van der Waals surface area contributed by atoms with E-state index in [-0.39, 0.29) is 24.0 Å². The third kappa shape index (κ3) is 9.45. The molecular weight excluding hydrogens is 479 g/mol. The minimum Gasteiger partial charge on any atom is -0.473 e. The van der Waals surface area contributed by atoms with Crippen molar-refractivity contribution in [3.05, 3.63) is 59.8 Å². The van der Waals surface area contributed by atoms with E-state index in [1.807, 2.05) is 42.5 Å². The number of nitrogens with one attached hydrogen (secondary N) is 2. The summed E-state index contributed by atoms with van der Waals surface area (Å²) < 4.78 is 11.4. The van der Waals surface area contributed by atoms with Crippen molar-refractivity contribution in [3.8, 4) is 5.88 Å². The molecule has 0 amide bonds. The van der Waals surface area contributed by atoms with Gasteiger partial charge in [0, 0.05) is 45.6 Å². The van der Waals surface area contributed by atoms with Crippen LogP contribution < -0.4 is 15.4 Å². The van der Waals surface area contributed by atoms with Crippen LogP contribution in [0.2, 0.25) is 0 Å². The van der Waals surface area contributed by atoms with Crippen molar-refractivity contribution in [3.63, 3.8) is 0 Å². The molecule has 1 aromatic carbocycles. The van der Waals surface area contributed by atoms with Crippen LogP contribution in [0.25, 0.3) is 0 Å². The van der Waals surface area contributed by atoms with E-state index < -0.39 is 0 Å². The fourth-order valence-corrected chi connectivity index (χ4v) is 2.69. The number of nitrogens with zero attached hydrogens (tertiary/aromatic N) is 2. The van der Waals surface area contributed by atoms with Crippen molar-refractivity contribution in [2.45, 2.75) is 32.4 Å². The Bertz CT molecular complexity index is 739. The topological polar surface area (TPSA) is 67.8 Å². The molecule has 0 bridgehead atoms. The molecule has 2 aromatic rings. The van der Waals surface area contributed by atoms with E-state index in [0.29, 0.717) is 19.0 Å². The zero-order valence-corrected chi connectivity index (χ0v) is 19.3. The molecule has 6 nitrogen and oxygen atoms in total. The van der Waals surface area contributed by atoms with Gasteiger partial charge in [-0.15, -0.1) is 24.0 Å². The van der Waals surface area contributed by atoms with Crippen molar-refractivity contribution >= 4 is 29.9 Å². The second kappa shape index (κ2) is 13.4. The fourth-order valence-electron chi connectivity index (χ4n) is 2.69. The highest BCUT2D eigenvalue weighted by Crippen LogP contribution is 2.28. The molecule has 1 heterocycles. The highest BCUT2D eigenvalue weighted by Gasteiger charge is 2.20. The lowest BCUT2D eigenvalue weighted by Crippen LogP contribution is -2.37. The van der Waals surface area contributed by atoms with Crippen LogP contribution >= 0.6 is 24.0 Å². The SMILES string of the molecule is CN=C(NCCCOCC1CC1)NCc1ccnc(OCc2ccccc2)c1.I. The van der Waals surface area contributed by atoms with E-state index in [0.717, 1.165) is 49.2 Å². The second-order valence-corrected chi connectivity index (χ2v) is 7.00. The smallest absolute Gasteiger partial charge is 0.213 e. The number of aliphatic imine (C=N–C) groups is 1. The molecule has 0 saturated heterocycles. The molecule has 0 atom stereocenters. The first-order valence-electron chi connectivity index (χ1n) is 9.97. The van der Waals surface area contributed by atoms with Gasteiger partial charge in [-0.25, -0.2) is 4.98 Å². The van der Waals surface area contributed by atoms with Crippen molar-refractivity contribution < 1.29 is 9.47 Å². The number of hydrogen-bond donors (Lipinski definition) is 2. The number of hydrogen-bond acceptors (Lipinski definition) is 4. The first-order chi connectivity index (χ1) is 13.8. The van der Waals surface area contributed by atoms with E-state index in [2.05, 4.69) is 20.6 Å². The molecule has 0 unspecified atom stereocenters. The van der Waals surface area contributed by atoms with Gasteiger partial charge in [-0.3, -0.25) is 4.99 Å². The molecule has 7 heteroatoms. The van der Waals surface area contributed by atoms with Crippen molar-refractivity contribution in [2.75, 3.05) is 26.8 Å². The molecular formula is C22H31IN4O2. The Morgan fingerprint density at radius 2 is 1.97 bits per heavy atom. The summed E-state index contributed by atoms with van der Waals surface area (Å²) in [5.74, 6) is 2.23. The molecule has 1 fully saturated rings. The number of ether oxygens (including phenoxy) is 2. The molecule has 0 spiro atoms. The number of guanidine groups is 1. The average molecular weight is 510 g/mol. The van der Waals surface area contributed by atoms with E-state index in [1.165, 1.54) is 12.8 Å². The first-order valence-corrected chi connectivity index (χ1v) is 9.97. The molecule has 1 saturated carbocycles. The van der Waals surface area contributed by atoms with Gasteiger partial charge in [0.25, 0.3) is 0 Å². The zero-order chi connectivity index (χ0) is 19.4. The molecule has 1 aromatic heterocycles. The molecule has 1 aliphatic carbocycles. The fraction of sp³-hybridized carbons (Fsp3) is 0.455. The summed E-state index contributed by atoms with van der Waals surface area (Å²) in [6, 6.07) is 14.0. The lowest BCUT2D eigenvalue weighted by molar-refractivity contribution is 0.123. The quantitative estimate of drug-likeness (QED) is 0.209. The number of halogens is 1. The third-order valence-electron chi connectivity index (χ3n) is 4.52. The summed E-state index contributed by atoms with van der Waals surface area (Å²) in [4.78, 5) is 8.55.